The smallest absolute Gasteiger partial charge is 0.193 e. The highest BCUT2D eigenvalue weighted by atomic mass is 79.9. The Bertz CT molecular complexity index is 785. The summed E-state index contributed by atoms with van der Waals surface area (Å²) in [5, 5.41) is 3.59. The number of benzene rings is 1. The molecule has 0 radical (unpaired) electrons. The van der Waals surface area contributed by atoms with Gasteiger partial charge < -0.3 is 14.8 Å². The molecule has 0 spiro atoms. The van der Waals surface area contributed by atoms with Crippen LogP contribution in [0.1, 0.15) is 24.6 Å². The quantitative estimate of drug-likeness (QED) is 0.543. The highest BCUT2D eigenvalue weighted by Crippen LogP contribution is 2.24. The van der Waals surface area contributed by atoms with Gasteiger partial charge in [-0.25, -0.2) is 0 Å². The van der Waals surface area contributed by atoms with Gasteiger partial charge in [-0.15, -0.1) is 0 Å². The number of halogens is 1. The number of nitrogens with zero attached hydrogens (tertiary/aromatic N) is 4. The number of guanidine groups is 1. The molecule has 2 aromatic rings. The summed E-state index contributed by atoms with van der Waals surface area (Å²) in [6.07, 6.45) is 3.31. The van der Waals surface area contributed by atoms with Crippen LogP contribution in [0.25, 0.3) is 0 Å². The van der Waals surface area contributed by atoms with Crippen molar-refractivity contribution in [2.45, 2.75) is 32.5 Å². The van der Waals surface area contributed by atoms with Gasteiger partial charge >= 0.3 is 0 Å². The van der Waals surface area contributed by atoms with Gasteiger partial charge in [-0.2, -0.15) is 0 Å². The predicted octanol–water partition coefficient (Wildman–Crippen LogP) is 3.71. The fraction of sp³-hybridized carbons (Fsp3) is 0.500. The van der Waals surface area contributed by atoms with E-state index in [-0.39, 0.29) is 0 Å². The summed E-state index contributed by atoms with van der Waals surface area (Å²) in [5.74, 6) is 1.60. The zero-order valence-corrected chi connectivity index (χ0v) is 19.0. The summed E-state index contributed by atoms with van der Waals surface area (Å²) in [6, 6.07) is 13.5. The molecular formula is C22H32BrN5. The van der Waals surface area contributed by atoms with Crippen LogP contribution >= 0.6 is 15.9 Å². The van der Waals surface area contributed by atoms with E-state index in [9.17, 15) is 0 Å². The highest BCUT2D eigenvalue weighted by molar-refractivity contribution is 9.10. The van der Waals surface area contributed by atoms with Gasteiger partial charge in [-0.3, -0.25) is 9.89 Å². The van der Waals surface area contributed by atoms with Crippen LogP contribution in [0.4, 0.5) is 0 Å². The molecule has 1 aliphatic rings. The fourth-order valence-corrected chi connectivity index (χ4v) is 4.64. The molecule has 1 aromatic carbocycles. The summed E-state index contributed by atoms with van der Waals surface area (Å²) in [6.45, 7) is 6.30. The normalized spacial score (nSPS) is 20.5. The molecule has 1 aliphatic heterocycles. The number of aromatic nitrogens is 1. The molecule has 2 unspecified atom stereocenters. The third-order valence-corrected chi connectivity index (χ3v) is 6.05. The van der Waals surface area contributed by atoms with Gasteiger partial charge in [-0.05, 0) is 46.8 Å². The molecule has 0 amide bonds. The molecule has 6 heteroatoms. The summed E-state index contributed by atoms with van der Waals surface area (Å²) in [5.41, 5.74) is 2.65. The Hall–Kier alpha value is -1.79. The van der Waals surface area contributed by atoms with E-state index >= 15 is 0 Å². The molecule has 152 valence electrons. The number of nitrogens with one attached hydrogen (secondary N) is 1. The Morgan fingerprint density at radius 2 is 2.07 bits per heavy atom. The predicted molar refractivity (Wildman–Crippen MR) is 120 cm³/mol. The number of aliphatic imine (C=N–C) groups is 1. The largest absolute Gasteiger partial charge is 0.356 e. The van der Waals surface area contributed by atoms with E-state index in [0.29, 0.717) is 12.0 Å². The summed E-state index contributed by atoms with van der Waals surface area (Å²) < 4.78 is 3.26. The van der Waals surface area contributed by atoms with E-state index in [1.165, 1.54) is 17.7 Å². The lowest BCUT2D eigenvalue weighted by Gasteiger charge is -2.24. The van der Waals surface area contributed by atoms with Crippen molar-refractivity contribution >= 4 is 21.9 Å². The molecule has 1 fully saturated rings. The highest BCUT2D eigenvalue weighted by Gasteiger charge is 2.29. The number of aryl methyl sites for hydroxylation is 1. The molecule has 0 aliphatic carbocycles. The molecule has 0 bridgehead atoms. The standard InChI is InChI=1S/C22H32BrN5/c1-17-10-19(14-28(17)13-18-8-6-5-7-9-18)12-25-22(24-2)27(4)16-21-11-20(23)15-26(21)3/h5-9,11,15,17,19H,10,12-14,16H2,1-4H3,(H,24,25). The first-order valence-corrected chi connectivity index (χ1v) is 10.8. The molecule has 0 saturated carbocycles. The lowest BCUT2D eigenvalue weighted by Crippen LogP contribution is -2.41. The Balaban J connectivity index is 1.50. The van der Waals surface area contributed by atoms with Gasteiger partial charge in [0.1, 0.15) is 0 Å². The molecular weight excluding hydrogens is 414 g/mol. The van der Waals surface area contributed by atoms with Crippen LogP contribution in [-0.2, 0) is 20.1 Å². The van der Waals surface area contributed by atoms with Crippen molar-refractivity contribution in [1.82, 2.24) is 19.7 Å². The maximum atomic E-state index is 4.48. The summed E-state index contributed by atoms with van der Waals surface area (Å²) in [4.78, 5) is 9.26. The Kier molecular flexibility index (Phi) is 7.18. The molecule has 3 rings (SSSR count). The van der Waals surface area contributed by atoms with Crippen LogP contribution in [0, 0.1) is 5.92 Å². The van der Waals surface area contributed by atoms with Gasteiger partial charge in [0, 0.05) is 63.2 Å². The first-order chi connectivity index (χ1) is 13.5. The van der Waals surface area contributed by atoms with E-state index < -0.39 is 0 Å². The molecule has 1 N–H and O–H groups in total. The molecule has 1 saturated heterocycles. The van der Waals surface area contributed by atoms with Gasteiger partial charge in [0.15, 0.2) is 5.96 Å². The maximum Gasteiger partial charge on any atom is 0.193 e. The maximum absolute atomic E-state index is 4.48. The lowest BCUT2D eigenvalue weighted by molar-refractivity contribution is 0.255. The monoisotopic (exact) mass is 445 g/mol. The van der Waals surface area contributed by atoms with Crippen LogP contribution in [0.15, 0.2) is 52.1 Å². The van der Waals surface area contributed by atoms with E-state index in [1.54, 1.807) is 0 Å². The number of hydrogen-bond acceptors (Lipinski definition) is 2. The molecule has 1 aromatic heterocycles. The third kappa shape index (κ3) is 5.39. The molecule has 5 nitrogen and oxygen atoms in total. The minimum Gasteiger partial charge on any atom is -0.356 e. The zero-order valence-electron chi connectivity index (χ0n) is 17.4. The third-order valence-electron chi connectivity index (χ3n) is 5.61. The average Bonchev–Trinajstić information content (AvgIpc) is 3.17. The van der Waals surface area contributed by atoms with E-state index in [2.05, 4.69) is 104 Å². The molecule has 2 heterocycles. The second-order valence-corrected chi connectivity index (χ2v) is 8.83. The zero-order chi connectivity index (χ0) is 20.1. The first kappa shape index (κ1) is 20.9. The fourth-order valence-electron chi connectivity index (χ4n) is 4.07. The van der Waals surface area contributed by atoms with Crippen LogP contribution in [0.3, 0.4) is 0 Å². The van der Waals surface area contributed by atoms with Crippen molar-refractivity contribution in [1.29, 1.82) is 0 Å². The minimum absolute atomic E-state index is 0.618. The first-order valence-electron chi connectivity index (χ1n) is 9.96. The van der Waals surface area contributed by atoms with E-state index in [0.717, 1.165) is 36.6 Å². The summed E-state index contributed by atoms with van der Waals surface area (Å²) >= 11 is 3.55. The SMILES string of the molecule is CN=C(NCC1CC(C)N(Cc2ccccc2)C1)N(C)Cc1cc(Br)cn1C. The van der Waals surface area contributed by atoms with Crippen LogP contribution in [0.2, 0.25) is 0 Å². The van der Waals surface area contributed by atoms with Crippen molar-refractivity contribution in [3.8, 4) is 0 Å². The van der Waals surface area contributed by atoms with Gasteiger partial charge in [0.2, 0.25) is 0 Å². The van der Waals surface area contributed by atoms with Crippen LogP contribution in [-0.4, -0.2) is 53.6 Å². The van der Waals surface area contributed by atoms with Crippen molar-refractivity contribution in [2.75, 3.05) is 27.2 Å². The Morgan fingerprint density at radius 1 is 1.32 bits per heavy atom. The van der Waals surface area contributed by atoms with Crippen LogP contribution < -0.4 is 5.32 Å². The topological polar surface area (TPSA) is 35.8 Å². The number of likely N-dealkylation sites (tertiary alicyclic amines) is 1. The molecule has 2 atom stereocenters. The second kappa shape index (κ2) is 9.61. The van der Waals surface area contributed by atoms with E-state index in [4.69, 9.17) is 0 Å². The van der Waals surface area contributed by atoms with Crippen molar-refractivity contribution in [3.63, 3.8) is 0 Å². The van der Waals surface area contributed by atoms with Crippen molar-refractivity contribution < 1.29 is 0 Å². The summed E-state index contributed by atoms with van der Waals surface area (Å²) in [7, 11) is 6.03. The van der Waals surface area contributed by atoms with Gasteiger partial charge in [-0.1, -0.05) is 30.3 Å². The lowest BCUT2D eigenvalue weighted by atomic mass is 10.1. The van der Waals surface area contributed by atoms with Crippen LogP contribution in [0.5, 0.6) is 0 Å². The Morgan fingerprint density at radius 3 is 2.71 bits per heavy atom. The number of rotatable bonds is 6. The molecule has 28 heavy (non-hydrogen) atoms. The average molecular weight is 446 g/mol. The Labute approximate surface area is 177 Å². The van der Waals surface area contributed by atoms with E-state index in [1.807, 2.05) is 7.05 Å². The van der Waals surface area contributed by atoms with Gasteiger partial charge in [0.25, 0.3) is 0 Å². The minimum atomic E-state index is 0.618. The number of hydrogen-bond donors (Lipinski definition) is 1. The van der Waals surface area contributed by atoms with Gasteiger partial charge in [0.05, 0.1) is 6.54 Å². The second-order valence-electron chi connectivity index (χ2n) is 7.91. The van der Waals surface area contributed by atoms with Crippen molar-refractivity contribution in [2.24, 2.45) is 18.0 Å². The van der Waals surface area contributed by atoms with Crippen molar-refractivity contribution in [3.05, 3.63) is 58.3 Å².